The van der Waals surface area contributed by atoms with Gasteiger partial charge < -0.3 is 70.7 Å². The van der Waals surface area contributed by atoms with Gasteiger partial charge in [0.15, 0.2) is 23.1 Å². The quantitative estimate of drug-likeness (QED) is 0.0416. The van der Waals surface area contributed by atoms with E-state index in [4.69, 9.17) is 50.6 Å². The highest BCUT2D eigenvalue weighted by Crippen LogP contribution is 2.28. The number of aromatic amines is 1. The second-order valence-electron chi connectivity index (χ2n) is 24.9. The van der Waals surface area contributed by atoms with E-state index in [1.807, 2.05) is 164 Å². The van der Waals surface area contributed by atoms with E-state index in [0.717, 1.165) is 111 Å². The average Bonchev–Trinajstić information content (AvgIpc) is 1.72. The molecule has 2 aliphatic heterocycles. The van der Waals surface area contributed by atoms with Crippen LogP contribution in [0.15, 0.2) is 214 Å². The predicted molar refractivity (Wildman–Crippen MR) is 442 cm³/mol. The number of aromatic nitrogens is 24. The summed E-state index contributed by atoms with van der Waals surface area (Å²) in [4.78, 5) is 76.8. The number of imidazole rings is 5. The molecule has 16 aromatic heterocycles. The molecule has 37 nitrogen and oxygen atoms in total. The molecule has 2 saturated heterocycles. The number of pyridine rings is 5. The fourth-order valence-corrected chi connectivity index (χ4v) is 12.2. The van der Waals surface area contributed by atoms with Crippen LogP contribution in [0.3, 0.4) is 0 Å². The van der Waals surface area contributed by atoms with Crippen LogP contribution in [-0.4, -0.2) is 175 Å². The number of rotatable bonds is 13. The number of fused-ring (bicyclic) bond motifs is 3. The maximum Gasteiger partial charge on any atom is 0.381 e. The summed E-state index contributed by atoms with van der Waals surface area (Å²) < 4.78 is 13.5. The number of nitro groups is 2. The highest BCUT2D eigenvalue weighted by atomic mass is 79.9. The summed E-state index contributed by atoms with van der Waals surface area (Å²) >= 11 is 20.6. The van der Waals surface area contributed by atoms with Crippen molar-refractivity contribution in [1.82, 2.24) is 122 Å². The normalized spacial score (nSPS) is 13.1. The van der Waals surface area contributed by atoms with Crippen molar-refractivity contribution in [3.05, 3.63) is 278 Å². The molecular formula is C74H81BrCl3N31O6. The molecule has 18 rings (SSSR count). The average molecular weight is 1690 g/mol. The highest BCUT2D eigenvalue weighted by Gasteiger charge is 2.27. The molecule has 0 radical (unpaired) electrons. The van der Waals surface area contributed by atoms with Gasteiger partial charge in [-0.3, -0.25) is 29.5 Å². The van der Waals surface area contributed by atoms with Crippen LogP contribution in [0.5, 0.6) is 0 Å². The Balaban J connectivity index is 0.000000159. The topological polar surface area (TPSA) is 447 Å². The second-order valence-corrected chi connectivity index (χ2v) is 26.9. The molecule has 596 valence electrons. The molecule has 0 aliphatic carbocycles. The number of hydrogen-bond acceptors (Lipinski definition) is 27. The van der Waals surface area contributed by atoms with E-state index in [1.54, 1.807) is 86.5 Å². The lowest BCUT2D eigenvalue weighted by molar-refractivity contribution is -0.389. The van der Waals surface area contributed by atoms with E-state index in [0.29, 0.717) is 52.8 Å². The Hall–Kier alpha value is -13.1. The first-order valence-corrected chi connectivity index (χ1v) is 36.8. The molecule has 18 heterocycles. The van der Waals surface area contributed by atoms with E-state index < -0.39 is 9.85 Å². The van der Waals surface area contributed by atoms with Crippen molar-refractivity contribution >= 4 is 114 Å². The van der Waals surface area contributed by atoms with Gasteiger partial charge in [0.1, 0.15) is 65.4 Å². The molecule has 2 fully saturated rings. The van der Waals surface area contributed by atoms with Crippen LogP contribution in [0.1, 0.15) is 63.0 Å². The number of nitrogen functional groups attached to an aromatic ring is 1. The molecule has 0 bridgehead atoms. The van der Waals surface area contributed by atoms with Crippen LogP contribution in [-0.2, 0) is 0 Å². The van der Waals surface area contributed by atoms with E-state index in [9.17, 15) is 25.3 Å². The molecule has 115 heavy (non-hydrogen) atoms. The summed E-state index contributed by atoms with van der Waals surface area (Å²) in [6.45, 7) is 12.0. The van der Waals surface area contributed by atoms with Gasteiger partial charge >= 0.3 is 11.6 Å². The number of H-pyrrole nitrogens is 1. The predicted octanol–water partition coefficient (Wildman–Crippen LogP) is 13.1. The molecule has 0 saturated carbocycles. The minimum atomic E-state index is -0.535. The minimum absolute atomic E-state index is 0. The van der Waals surface area contributed by atoms with Gasteiger partial charge in [0, 0.05) is 114 Å². The van der Waals surface area contributed by atoms with E-state index in [1.165, 1.54) is 25.3 Å². The van der Waals surface area contributed by atoms with Crippen molar-refractivity contribution in [3.63, 3.8) is 0 Å². The molecular weight excluding hydrogens is 1610 g/mol. The number of aliphatic hydroxyl groups excluding tert-OH is 2. The Bertz CT molecular complexity index is 5790. The van der Waals surface area contributed by atoms with Gasteiger partial charge in [-0.1, -0.05) is 35.0 Å². The maximum absolute atomic E-state index is 10.4. The Morgan fingerprint density at radius 2 is 1.04 bits per heavy atom. The third-order valence-corrected chi connectivity index (χ3v) is 17.7. The third-order valence-electron chi connectivity index (χ3n) is 16.6. The SMILES string of the molecule is C.Cc1cc(-n2cnc(N)c2)ccn1.Cc1cc(-n2cnc(Nc3nc(Cl)nn4cccc34)c2)ccn1.Cc1cc(-n2cnc(Nc3nc(N4CCC[C@H]4CO)nn4cccc34)c2)ccn1.Cc1cc(-n2cnc([N+](=O)[O-])c2)ccn1.Cc1cc(Br)ccn1.Clc1nc(Cl)c2cccn2n1.O=[N+]([O-])c1cnc[nH]1.OC[C@@H]1CCCN1.[HH]. The molecule has 2 atom stereocenters. The van der Waals surface area contributed by atoms with E-state index >= 15 is 0 Å². The fraction of sp³-hybridized carbons (Fsp3) is 0.216. The van der Waals surface area contributed by atoms with Crippen LogP contribution < -0.4 is 26.6 Å². The smallest absolute Gasteiger partial charge is 0.381 e. The van der Waals surface area contributed by atoms with Gasteiger partial charge in [0.25, 0.3) is 0 Å². The summed E-state index contributed by atoms with van der Waals surface area (Å²) in [5, 5.41) is 61.4. The summed E-state index contributed by atoms with van der Waals surface area (Å²) in [5.41, 5.74) is 16.5. The van der Waals surface area contributed by atoms with Gasteiger partial charge in [-0.05, 0) is 202 Å². The molecule has 0 spiro atoms. The summed E-state index contributed by atoms with van der Waals surface area (Å²) in [6, 6.07) is 31.0. The number of nitrogens with one attached hydrogen (secondary N) is 4. The summed E-state index contributed by atoms with van der Waals surface area (Å²) in [7, 11) is 0. The molecule has 0 unspecified atom stereocenters. The number of anilines is 6. The van der Waals surface area contributed by atoms with Gasteiger partial charge in [-0.25, -0.2) is 43.5 Å². The maximum atomic E-state index is 10.4. The number of nitrogens with zero attached hydrogens (tertiary/aromatic N) is 26. The lowest BCUT2D eigenvalue weighted by Gasteiger charge is -2.23. The first kappa shape index (κ1) is 84.3. The van der Waals surface area contributed by atoms with Crippen LogP contribution in [0, 0.1) is 54.8 Å². The summed E-state index contributed by atoms with van der Waals surface area (Å²) in [5.74, 6) is 3.52. The van der Waals surface area contributed by atoms with Crippen LogP contribution in [0.2, 0.25) is 15.7 Å². The molecule has 41 heteroatoms. The van der Waals surface area contributed by atoms with Crippen molar-refractivity contribution in [2.45, 2.75) is 79.8 Å². The van der Waals surface area contributed by atoms with Crippen molar-refractivity contribution in [2.24, 2.45) is 0 Å². The van der Waals surface area contributed by atoms with Crippen molar-refractivity contribution in [3.8, 4) is 22.7 Å². The number of aliphatic hydroxyl groups is 2. The van der Waals surface area contributed by atoms with Crippen LogP contribution >= 0.6 is 50.7 Å². The zero-order valence-corrected chi connectivity index (χ0v) is 65.5. The Labute approximate surface area is 682 Å². The summed E-state index contributed by atoms with van der Waals surface area (Å²) in [6.07, 6.45) is 34.5. The lowest BCUT2D eigenvalue weighted by atomic mass is 10.2. The fourth-order valence-electron chi connectivity index (χ4n) is 11.2. The van der Waals surface area contributed by atoms with E-state index in [2.05, 4.69) is 117 Å². The Morgan fingerprint density at radius 1 is 0.565 bits per heavy atom. The Morgan fingerprint density at radius 3 is 1.47 bits per heavy atom. The standard InChI is InChI=1S/C20H22N8O.C15H12ClN7.C9H8N4O2.C9H10N4.C6H6BrN.C6H3Cl2N3.C5H11NO.C3H3N3O2.CH4.H2/c1-14-10-15(6-7-21-14)26-11-18(22-13-26)23-19-17-5-3-9-28(17)25-20(24-19)27-8-2-4-16(27)12-29;1-10-7-11(4-5-17-10)22-8-13(18-9-22)19-14-12-3-2-6-23(12)21-15(16)20-14;1-7-4-8(2-3-10-7)12-5-9(11-6-12)13(14)15;1-7-4-8(2-3-11-7)13-5-9(10)12-6-13;1-5-4-6(7)2-3-8-5;7-5-4-2-1-3-11(4)10-6(8)9-5;7-4-5-2-1-3-6-5;7-6(8)3-1-4-2-5-3;;/h3,5-7,9-11,13,16,29H,2,4,8,12H2,1H3,(H,23,24,25);2-9H,1H3,(H,19,20,21);2-6H,1H3;2-6H,10H2,1H3;2-4H,1H3;1-3H;5-7H,1-4H2;1-2H,(H,4,5);1H4;1H/t16-;;;;;;5-;;;/m0.....0.../s1. The molecule has 2 aliphatic rings. The first-order valence-electron chi connectivity index (χ1n) is 34.9. The largest absolute Gasteiger partial charge is 0.395 e. The monoisotopic (exact) mass is 1680 g/mol. The van der Waals surface area contributed by atoms with Crippen molar-refractivity contribution in [2.75, 3.05) is 47.6 Å². The Kier molecular flexibility index (Phi) is 30.0. The third kappa shape index (κ3) is 24.0. The van der Waals surface area contributed by atoms with E-state index in [-0.39, 0.29) is 43.7 Å². The zero-order chi connectivity index (χ0) is 80.6. The molecule has 8 N–H and O–H groups in total. The molecule has 0 aromatic carbocycles. The van der Waals surface area contributed by atoms with Gasteiger partial charge in [-0.15, -0.1) is 15.3 Å². The first-order chi connectivity index (χ1) is 55.1. The number of nitrogens with two attached hydrogens (primary N) is 1. The lowest BCUT2D eigenvalue weighted by Crippen LogP contribution is -2.34. The second kappa shape index (κ2) is 40.9. The zero-order valence-electron chi connectivity index (χ0n) is 61.7. The minimum Gasteiger partial charge on any atom is -0.395 e. The van der Waals surface area contributed by atoms with Gasteiger partial charge in [0.05, 0.1) is 43.5 Å². The van der Waals surface area contributed by atoms with Crippen LogP contribution in [0.25, 0.3) is 39.3 Å². The van der Waals surface area contributed by atoms with Gasteiger partial charge in [-0.2, -0.15) is 9.97 Å². The van der Waals surface area contributed by atoms with Crippen molar-refractivity contribution < 1.29 is 21.5 Å². The molecule has 0 amide bonds. The number of halogens is 4. The van der Waals surface area contributed by atoms with Crippen LogP contribution in [0.4, 0.5) is 46.7 Å². The van der Waals surface area contributed by atoms with Gasteiger partial charge in [0.2, 0.25) is 22.8 Å². The number of hydrogen-bond donors (Lipinski definition) is 7. The highest BCUT2D eigenvalue weighted by molar-refractivity contribution is 9.10. The molecule has 16 aromatic rings. The number of aryl methyl sites for hydroxylation is 5. The van der Waals surface area contributed by atoms with Crippen molar-refractivity contribution in [1.29, 1.82) is 0 Å².